The maximum atomic E-state index is 14.1. The van der Waals surface area contributed by atoms with Crippen molar-refractivity contribution in [1.29, 1.82) is 0 Å². The van der Waals surface area contributed by atoms with Gasteiger partial charge < -0.3 is 14.8 Å². The van der Waals surface area contributed by atoms with Crippen molar-refractivity contribution in [1.82, 2.24) is 14.9 Å². The van der Waals surface area contributed by atoms with E-state index < -0.39 is 0 Å². The van der Waals surface area contributed by atoms with Crippen LogP contribution in [0.3, 0.4) is 0 Å². The van der Waals surface area contributed by atoms with Crippen LogP contribution >= 0.6 is 11.6 Å². The van der Waals surface area contributed by atoms with Crippen molar-refractivity contribution in [3.63, 3.8) is 0 Å². The summed E-state index contributed by atoms with van der Waals surface area (Å²) in [4.78, 5) is 33.2. The summed E-state index contributed by atoms with van der Waals surface area (Å²) in [7, 11) is 0. The zero-order chi connectivity index (χ0) is 29.3. The van der Waals surface area contributed by atoms with Crippen molar-refractivity contribution in [3.05, 3.63) is 155 Å². The average molecular weight is 583 g/mol. The van der Waals surface area contributed by atoms with Gasteiger partial charge in [0.1, 0.15) is 5.69 Å². The largest absolute Gasteiger partial charge is 0.347 e. The minimum atomic E-state index is -0.178. The summed E-state index contributed by atoms with van der Waals surface area (Å²) in [5, 5.41) is 5.75. The Hall–Kier alpha value is -5.20. The lowest BCUT2D eigenvalue weighted by atomic mass is 9.97. The van der Waals surface area contributed by atoms with E-state index in [0.717, 1.165) is 44.4 Å². The van der Waals surface area contributed by atoms with Crippen molar-refractivity contribution in [3.8, 4) is 11.1 Å². The first-order valence-corrected chi connectivity index (χ1v) is 14.5. The molecule has 2 aromatic heterocycles. The summed E-state index contributed by atoms with van der Waals surface area (Å²) in [5.41, 5.74) is 6.50. The molecule has 43 heavy (non-hydrogen) atoms. The van der Waals surface area contributed by atoms with Gasteiger partial charge >= 0.3 is 0 Å². The fourth-order valence-corrected chi connectivity index (χ4v) is 6.08. The Balaban J connectivity index is 1.20. The molecule has 0 saturated carbocycles. The van der Waals surface area contributed by atoms with E-state index in [9.17, 15) is 9.59 Å². The third-order valence-corrected chi connectivity index (χ3v) is 8.26. The van der Waals surface area contributed by atoms with Crippen LogP contribution in [0.4, 0.5) is 5.69 Å². The lowest BCUT2D eigenvalue weighted by Gasteiger charge is -2.23. The highest BCUT2D eigenvalue weighted by molar-refractivity contribution is 6.34. The van der Waals surface area contributed by atoms with Gasteiger partial charge in [-0.2, -0.15) is 0 Å². The summed E-state index contributed by atoms with van der Waals surface area (Å²) in [6.07, 6.45) is 3.44. The number of nitrogens with zero attached hydrogens (tertiary/aromatic N) is 3. The van der Waals surface area contributed by atoms with Crippen LogP contribution in [0.1, 0.15) is 37.7 Å². The van der Waals surface area contributed by atoms with E-state index in [-0.39, 0.29) is 11.8 Å². The van der Waals surface area contributed by atoms with E-state index >= 15 is 0 Å². The number of carbonyl (C=O) groups excluding carboxylic acids is 2. The zero-order valence-corrected chi connectivity index (χ0v) is 24.0. The van der Waals surface area contributed by atoms with Crippen LogP contribution in [0, 0.1) is 0 Å². The van der Waals surface area contributed by atoms with E-state index in [2.05, 4.69) is 34.6 Å². The Morgan fingerprint density at radius 1 is 0.814 bits per heavy atom. The molecule has 2 amide bonds. The SMILES string of the molecule is O=C(NCc1cccnc1)c1ccc2n1Cc1ccccc1N(C(=O)c1ccc(-c3cccc4ccccc34)c(Cl)c1)C2. The number of hydrogen-bond acceptors (Lipinski definition) is 3. The summed E-state index contributed by atoms with van der Waals surface area (Å²) >= 11 is 6.85. The summed E-state index contributed by atoms with van der Waals surface area (Å²) in [6.45, 7) is 1.16. The van der Waals surface area contributed by atoms with Gasteiger partial charge in [0.2, 0.25) is 0 Å². The molecule has 7 rings (SSSR count). The second-order valence-corrected chi connectivity index (χ2v) is 11.0. The van der Waals surface area contributed by atoms with Crippen LogP contribution in [0.15, 0.2) is 122 Å². The first kappa shape index (κ1) is 26.7. The number of nitrogens with one attached hydrogen (secondary N) is 1. The fourth-order valence-electron chi connectivity index (χ4n) is 5.80. The number of hydrogen-bond donors (Lipinski definition) is 1. The van der Waals surface area contributed by atoms with Crippen molar-refractivity contribution in [2.45, 2.75) is 19.6 Å². The van der Waals surface area contributed by atoms with Gasteiger partial charge in [0.15, 0.2) is 0 Å². The molecular formula is C36H27ClN4O2. The predicted molar refractivity (Wildman–Crippen MR) is 170 cm³/mol. The number of pyridine rings is 1. The number of rotatable bonds is 5. The normalized spacial score (nSPS) is 12.3. The molecule has 0 spiro atoms. The number of amides is 2. The van der Waals surface area contributed by atoms with Gasteiger partial charge in [0, 0.05) is 46.5 Å². The standard InChI is InChI=1S/C36H27ClN4O2/c37-32-19-26(14-16-31(32)30-12-5-10-25-8-1-3-11-29(25)30)36(43)41-23-28-15-17-34(35(42)39-21-24-7-6-18-38-20-24)40(28)22-27-9-2-4-13-33(27)41/h1-20H,21-23H2,(H,39,42). The molecule has 1 aliphatic rings. The number of halogens is 1. The van der Waals surface area contributed by atoms with E-state index in [1.807, 2.05) is 83.4 Å². The molecule has 0 atom stereocenters. The number of anilines is 1. The Bertz CT molecular complexity index is 1990. The molecular weight excluding hydrogens is 556 g/mol. The summed E-state index contributed by atoms with van der Waals surface area (Å²) in [6, 6.07) is 35.2. The van der Waals surface area contributed by atoms with Crippen LogP contribution in [0.25, 0.3) is 21.9 Å². The van der Waals surface area contributed by atoms with Crippen LogP contribution in [0.5, 0.6) is 0 Å². The first-order chi connectivity index (χ1) is 21.1. The van der Waals surface area contributed by atoms with Gasteiger partial charge in [-0.25, -0.2) is 0 Å². The topological polar surface area (TPSA) is 67.2 Å². The molecule has 7 heteroatoms. The summed E-state index contributed by atoms with van der Waals surface area (Å²) in [5.74, 6) is -0.334. The highest BCUT2D eigenvalue weighted by atomic mass is 35.5. The molecule has 1 aliphatic heterocycles. The van der Waals surface area contributed by atoms with Gasteiger partial charge in [0.05, 0.1) is 13.1 Å². The monoisotopic (exact) mass is 582 g/mol. The van der Waals surface area contributed by atoms with Crippen molar-refractivity contribution < 1.29 is 9.59 Å². The Morgan fingerprint density at radius 3 is 2.51 bits per heavy atom. The Labute approximate surface area is 254 Å². The van der Waals surface area contributed by atoms with Crippen LogP contribution in [-0.2, 0) is 19.6 Å². The van der Waals surface area contributed by atoms with E-state index in [1.54, 1.807) is 23.4 Å². The number of aromatic nitrogens is 2. The highest BCUT2D eigenvalue weighted by Crippen LogP contribution is 2.36. The highest BCUT2D eigenvalue weighted by Gasteiger charge is 2.27. The van der Waals surface area contributed by atoms with Crippen LogP contribution in [-0.4, -0.2) is 21.4 Å². The van der Waals surface area contributed by atoms with Gasteiger partial charge in [-0.3, -0.25) is 14.6 Å². The molecule has 0 fully saturated rings. The molecule has 0 aliphatic carbocycles. The van der Waals surface area contributed by atoms with Gasteiger partial charge in [-0.15, -0.1) is 0 Å². The lowest BCUT2D eigenvalue weighted by Crippen LogP contribution is -2.30. The van der Waals surface area contributed by atoms with Gasteiger partial charge in [0.25, 0.3) is 11.8 Å². The van der Waals surface area contributed by atoms with Crippen molar-refractivity contribution in [2.75, 3.05) is 4.90 Å². The average Bonchev–Trinajstić information content (AvgIpc) is 3.36. The second kappa shape index (κ2) is 11.2. The number of fused-ring (bicyclic) bond motifs is 3. The van der Waals surface area contributed by atoms with Crippen LogP contribution < -0.4 is 10.2 Å². The molecule has 0 radical (unpaired) electrons. The van der Waals surface area contributed by atoms with E-state index in [1.165, 1.54) is 0 Å². The molecule has 210 valence electrons. The van der Waals surface area contributed by atoms with Gasteiger partial charge in [-0.1, -0.05) is 84.4 Å². The molecule has 0 unspecified atom stereocenters. The van der Waals surface area contributed by atoms with Crippen LogP contribution in [0.2, 0.25) is 5.02 Å². The molecule has 6 nitrogen and oxygen atoms in total. The molecule has 4 aromatic carbocycles. The maximum Gasteiger partial charge on any atom is 0.268 e. The number of para-hydroxylation sites is 1. The predicted octanol–water partition coefficient (Wildman–Crippen LogP) is 7.50. The third-order valence-electron chi connectivity index (χ3n) is 7.95. The minimum Gasteiger partial charge on any atom is -0.347 e. The first-order valence-electron chi connectivity index (χ1n) is 14.1. The van der Waals surface area contributed by atoms with Gasteiger partial charge in [-0.05, 0) is 63.9 Å². The minimum absolute atomic E-state index is 0.156. The van der Waals surface area contributed by atoms with E-state index in [4.69, 9.17) is 11.6 Å². The quantitative estimate of drug-likeness (QED) is 0.229. The third kappa shape index (κ3) is 5.07. The van der Waals surface area contributed by atoms with Crippen molar-refractivity contribution in [2.24, 2.45) is 0 Å². The Kier molecular flexibility index (Phi) is 6.97. The molecule has 1 N–H and O–H groups in total. The molecule has 3 heterocycles. The lowest BCUT2D eigenvalue weighted by molar-refractivity contribution is 0.0941. The Morgan fingerprint density at radius 2 is 1.65 bits per heavy atom. The molecule has 0 bridgehead atoms. The fraction of sp³-hybridized carbons (Fsp3) is 0.0833. The molecule has 6 aromatic rings. The number of benzene rings is 4. The maximum absolute atomic E-state index is 14.1. The number of carbonyl (C=O) groups is 2. The molecule has 0 saturated heterocycles. The summed E-state index contributed by atoms with van der Waals surface area (Å²) < 4.78 is 1.99. The second-order valence-electron chi connectivity index (χ2n) is 10.6. The van der Waals surface area contributed by atoms with Crippen molar-refractivity contribution >= 4 is 39.9 Å². The smallest absolute Gasteiger partial charge is 0.268 e. The zero-order valence-electron chi connectivity index (χ0n) is 23.2. The van der Waals surface area contributed by atoms with E-state index in [0.29, 0.717) is 35.9 Å².